The Hall–Kier alpha value is -3.82. The van der Waals surface area contributed by atoms with Crippen LogP contribution >= 0.6 is 0 Å². The van der Waals surface area contributed by atoms with Gasteiger partial charge in [0.25, 0.3) is 0 Å². The molecule has 2 heterocycles. The summed E-state index contributed by atoms with van der Waals surface area (Å²) in [5.41, 5.74) is 2.00. The summed E-state index contributed by atoms with van der Waals surface area (Å²) in [6.45, 7) is 3.57. The molecule has 3 aromatic rings. The number of nitro groups is 1. The van der Waals surface area contributed by atoms with Crippen LogP contribution in [0.5, 0.6) is 0 Å². The number of benzene rings is 1. The summed E-state index contributed by atoms with van der Waals surface area (Å²) in [6.07, 6.45) is 1.23. The zero-order valence-corrected chi connectivity index (χ0v) is 14.8. The fourth-order valence-corrected chi connectivity index (χ4v) is 2.57. The first-order chi connectivity index (χ1) is 12.9. The molecule has 2 aromatic heterocycles. The predicted molar refractivity (Wildman–Crippen MR) is 96.3 cm³/mol. The SMILES string of the molecule is COC(=O)c1ccc(Nc2ncnc(-n3nc(C)cc3C)c2[N+](=O)[O-])cc1. The highest BCUT2D eigenvalue weighted by atomic mass is 16.6. The number of nitrogens with one attached hydrogen (secondary N) is 1. The van der Waals surface area contributed by atoms with Crippen LogP contribution in [0.15, 0.2) is 36.7 Å². The summed E-state index contributed by atoms with van der Waals surface area (Å²) in [5.74, 6) is -0.390. The number of aromatic nitrogens is 4. The number of aryl methyl sites for hydroxylation is 2. The highest BCUT2D eigenvalue weighted by Crippen LogP contribution is 2.30. The molecule has 1 aromatic carbocycles. The monoisotopic (exact) mass is 368 g/mol. The van der Waals surface area contributed by atoms with Gasteiger partial charge < -0.3 is 10.1 Å². The lowest BCUT2D eigenvalue weighted by Gasteiger charge is -2.10. The van der Waals surface area contributed by atoms with E-state index >= 15 is 0 Å². The molecule has 0 fully saturated rings. The second kappa shape index (κ2) is 7.20. The lowest BCUT2D eigenvalue weighted by Crippen LogP contribution is -2.10. The minimum absolute atomic E-state index is 0.0170. The van der Waals surface area contributed by atoms with E-state index in [1.165, 1.54) is 18.1 Å². The summed E-state index contributed by atoms with van der Waals surface area (Å²) >= 11 is 0. The topological polar surface area (TPSA) is 125 Å². The Bertz CT molecular complexity index is 1010. The van der Waals surface area contributed by atoms with E-state index in [2.05, 4.69) is 25.1 Å². The minimum Gasteiger partial charge on any atom is -0.465 e. The van der Waals surface area contributed by atoms with E-state index < -0.39 is 10.9 Å². The maximum absolute atomic E-state index is 11.7. The van der Waals surface area contributed by atoms with Crippen molar-refractivity contribution < 1.29 is 14.5 Å². The number of hydrogen-bond donors (Lipinski definition) is 1. The molecule has 0 saturated heterocycles. The Morgan fingerprint density at radius 1 is 1.22 bits per heavy atom. The third-order valence-electron chi connectivity index (χ3n) is 3.76. The lowest BCUT2D eigenvalue weighted by molar-refractivity contribution is -0.384. The molecule has 3 rings (SSSR count). The van der Waals surface area contributed by atoms with Crippen LogP contribution < -0.4 is 5.32 Å². The normalized spacial score (nSPS) is 10.5. The van der Waals surface area contributed by atoms with Crippen LogP contribution in [0.1, 0.15) is 21.7 Å². The smallest absolute Gasteiger partial charge is 0.355 e. The first-order valence-electron chi connectivity index (χ1n) is 7.89. The van der Waals surface area contributed by atoms with Gasteiger partial charge in [-0.1, -0.05) is 0 Å². The molecule has 0 aliphatic rings. The molecule has 0 amide bonds. The number of hydrogen-bond acceptors (Lipinski definition) is 8. The Morgan fingerprint density at radius 3 is 2.48 bits per heavy atom. The molecule has 0 aliphatic heterocycles. The molecule has 0 unspecified atom stereocenters. The molecule has 0 aliphatic carbocycles. The van der Waals surface area contributed by atoms with E-state index in [4.69, 9.17) is 0 Å². The van der Waals surface area contributed by atoms with Crippen LogP contribution in [-0.2, 0) is 4.74 Å². The van der Waals surface area contributed by atoms with Crippen molar-refractivity contribution in [2.24, 2.45) is 0 Å². The van der Waals surface area contributed by atoms with Crippen molar-refractivity contribution in [3.63, 3.8) is 0 Å². The molecule has 0 bridgehead atoms. The van der Waals surface area contributed by atoms with E-state index in [1.54, 1.807) is 44.2 Å². The standard InChI is InChI=1S/C17H16N6O4/c1-10-8-11(2)22(21-10)16-14(23(25)26)15(18-9-19-16)20-13-6-4-12(5-7-13)17(24)27-3/h4-9H,1-3H3,(H,18,19,20). The molecular formula is C17H16N6O4. The van der Waals surface area contributed by atoms with Crippen LogP contribution in [-0.4, -0.2) is 37.8 Å². The molecule has 27 heavy (non-hydrogen) atoms. The average Bonchev–Trinajstić information content (AvgIpc) is 2.99. The Morgan fingerprint density at radius 2 is 1.93 bits per heavy atom. The fraction of sp³-hybridized carbons (Fsp3) is 0.176. The van der Waals surface area contributed by atoms with Crippen molar-refractivity contribution in [1.82, 2.24) is 19.7 Å². The van der Waals surface area contributed by atoms with Gasteiger partial charge in [-0.2, -0.15) is 5.10 Å². The van der Waals surface area contributed by atoms with Crippen LogP contribution in [0.2, 0.25) is 0 Å². The van der Waals surface area contributed by atoms with Crippen molar-refractivity contribution in [2.45, 2.75) is 13.8 Å². The summed E-state index contributed by atoms with van der Waals surface area (Å²) in [7, 11) is 1.29. The van der Waals surface area contributed by atoms with E-state index in [0.29, 0.717) is 22.6 Å². The molecule has 0 saturated carbocycles. The molecule has 138 valence electrons. The third kappa shape index (κ3) is 3.59. The Kier molecular flexibility index (Phi) is 4.79. The highest BCUT2D eigenvalue weighted by Gasteiger charge is 2.26. The largest absolute Gasteiger partial charge is 0.465 e. The second-order valence-corrected chi connectivity index (χ2v) is 5.68. The van der Waals surface area contributed by atoms with Crippen LogP contribution in [0.3, 0.4) is 0 Å². The fourth-order valence-electron chi connectivity index (χ4n) is 2.57. The minimum atomic E-state index is -0.559. The molecule has 1 N–H and O–H groups in total. The third-order valence-corrected chi connectivity index (χ3v) is 3.76. The Balaban J connectivity index is 2.01. The number of nitrogens with zero attached hydrogens (tertiary/aromatic N) is 5. The number of ether oxygens (including phenoxy) is 1. The van der Waals surface area contributed by atoms with Crippen molar-refractivity contribution in [2.75, 3.05) is 12.4 Å². The molecule has 0 radical (unpaired) electrons. The Labute approximate surface area is 154 Å². The van der Waals surface area contributed by atoms with Crippen molar-refractivity contribution in [3.8, 4) is 5.82 Å². The summed E-state index contributed by atoms with van der Waals surface area (Å²) in [6, 6.07) is 8.08. The van der Waals surface area contributed by atoms with Crippen molar-refractivity contribution in [3.05, 3.63) is 63.7 Å². The zero-order chi connectivity index (χ0) is 19.6. The summed E-state index contributed by atoms with van der Waals surface area (Å²) in [5, 5.41) is 18.8. The van der Waals surface area contributed by atoms with Gasteiger partial charge in [0.2, 0.25) is 11.6 Å². The van der Waals surface area contributed by atoms with Crippen LogP contribution in [0.4, 0.5) is 17.2 Å². The molecule has 0 spiro atoms. The van der Waals surface area contributed by atoms with E-state index in [-0.39, 0.29) is 17.3 Å². The number of carbonyl (C=O) groups is 1. The molecule has 0 atom stereocenters. The van der Waals surface area contributed by atoms with E-state index in [9.17, 15) is 14.9 Å². The van der Waals surface area contributed by atoms with Gasteiger partial charge in [-0.25, -0.2) is 19.4 Å². The van der Waals surface area contributed by atoms with Crippen molar-refractivity contribution >= 4 is 23.2 Å². The number of carbonyl (C=O) groups excluding carboxylic acids is 1. The summed E-state index contributed by atoms with van der Waals surface area (Å²) < 4.78 is 6.05. The van der Waals surface area contributed by atoms with E-state index in [1.807, 2.05) is 0 Å². The van der Waals surface area contributed by atoms with E-state index in [0.717, 1.165) is 0 Å². The van der Waals surface area contributed by atoms with Gasteiger partial charge in [0.1, 0.15) is 6.33 Å². The van der Waals surface area contributed by atoms with Gasteiger partial charge in [-0.05, 0) is 44.2 Å². The highest BCUT2D eigenvalue weighted by molar-refractivity contribution is 5.89. The average molecular weight is 368 g/mol. The number of methoxy groups -OCH3 is 1. The molecule has 10 nitrogen and oxygen atoms in total. The molecule has 10 heteroatoms. The van der Waals surface area contributed by atoms with Crippen LogP contribution in [0.25, 0.3) is 5.82 Å². The van der Waals surface area contributed by atoms with Gasteiger partial charge >= 0.3 is 11.7 Å². The summed E-state index contributed by atoms with van der Waals surface area (Å²) in [4.78, 5) is 30.7. The first kappa shape index (κ1) is 18.0. The zero-order valence-electron chi connectivity index (χ0n) is 14.8. The van der Waals surface area contributed by atoms with Gasteiger partial charge in [0, 0.05) is 11.4 Å². The maximum atomic E-state index is 11.7. The van der Waals surface area contributed by atoms with Gasteiger partial charge in [-0.3, -0.25) is 10.1 Å². The second-order valence-electron chi connectivity index (χ2n) is 5.68. The van der Waals surface area contributed by atoms with Crippen LogP contribution in [0, 0.1) is 24.0 Å². The van der Waals surface area contributed by atoms with Crippen molar-refractivity contribution in [1.29, 1.82) is 0 Å². The number of esters is 1. The number of rotatable bonds is 5. The lowest BCUT2D eigenvalue weighted by atomic mass is 10.2. The van der Waals surface area contributed by atoms with Gasteiger partial charge in [0.05, 0.1) is 23.3 Å². The molecular weight excluding hydrogens is 352 g/mol. The number of anilines is 2. The van der Waals surface area contributed by atoms with Gasteiger partial charge in [0.15, 0.2) is 0 Å². The predicted octanol–water partition coefficient (Wildman–Crippen LogP) is 2.72. The van der Waals surface area contributed by atoms with Gasteiger partial charge in [-0.15, -0.1) is 0 Å². The quantitative estimate of drug-likeness (QED) is 0.414. The maximum Gasteiger partial charge on any atom is 0.355 e. The first-order valence-corrected chi connectivity index (χ1v) is 7.89.